The second-order valence-electron chi connectivity index (χ2n) is 7.68. The third kappa shape index (κ3) is 3.37. The Morgan fingerprint density at radius 1 is 1.00 bits per heavy atom. The Morgan fingerprint density at radius 2 is 1.59 bits per heavy atom. The van der Waals surface area contributed by atoms with E-state index in [1.165, 1.54) is 37.9 Å². The number of hydrogen-bond donors (Lipinski definition) is 0. The van der Waals surface area contributed by atoms with Crippen LogP contribution in [0.15, 0.2) is 0 Å². The Balaban J connectivity index is 2.02. The smallest absolute Gasteiger partial charge is 0.0614 e. The molecule has 1 atom stereocenters. The average Bonchev–Trinajstić information content (AvgIpc) is 2.23. The molecule has 2 aliphatic rings. The van der Waals surface area contributed by atoms with Crippen molar-refractivity contribution in [3.63, 3.8) is 0 Å². The summed E-state index contributed by atoms with van der Waals surface area (Å²) in [7, 11) is 0. The van der Waals surface area contributed by atoms with Gasteiger partial charge in [0.25, 0.3) is 0 Å². The van der Waals surface area contributed by atoms with E-state index >= 15 is 0 Å². The minimum atomic E-state index is 0.478. The molecule has 1 aliphatic heterocycles. The number of rotatable bonds is 0. The van der Waals surface area contributed by atoms with Crippen LogP contribution in [0.3, 0.4) is 0 Å². The highest BCUT2D eigenvalue weighted by molar-refractivity contribution is 8.19. The van der Waals surface area contributed by atoms with Crippen molar-refractivity contribution in [2.24, 2.45) is 10.8 Å². The molecule has 1 unspecified atom stereocenters. The van der Waals surface area contributed by atoms with Gasteiger partial charge < -0.3 is 0 Å². The predicted octanol–water partition coefficient (Wildman–Crippen LogP) is 5.57. The lowest BCUT2D eigenvalue weighted by Crippen LogP contribution is -2.39. The molecule has 1 saturated heterocycles. The summed E-state index contributed by atoms with van der Waals surface area (Å²) >= 11 is 4.60. The standard InChI is InChI=1S/C15H28S2/c1-13(2,3)12-6-11-16-15(17-12)9-7-14(4,5)8-10-15/h12H,6-11H2,1-5H3. The van der Waals surface area contributed by atoms with Crippen LogP contribution in [0.1, 0.15) is 66.7 Å². The summed E-state index contributed by atoms with van der Waals surface area (Å²) < 4.78 is 0.575. The lowest BCUT2D eigenvalue weighted by molar-refractivity contribution is 0.238. The van der Waals surface area contributed by atoms with Gasteiger partial charge in [-0.25, -0.2) is 0 Å². The Morgan fingerprint density at radius 3 is 2.12 bits per heavy atom. The third-order valence-corrected chi connectivity index (χ3v) is 8.52. The first-order valence-corrected chi connectivity index (χ1v) is 8.91. The summed E-state index contributed by atoms with van der Waals surface area (Å²) in [6.45, 7) is 12.1. The van der Waals surface area contributed by atoms with Crippen molar-refractivity contribution in [1.29, 1.82) is 0 Å². The fraction of sp³-hybridized carbons (Fsp3) is 1.00. The lowest BCUT2D eigenvalue weighted by atomic mass is 9.77. The van der Waals surface area contributed by atoms with E-state index in [2.05, 4.69) is 58.1 Å². The molecule has 2 rings (SSSR count). The summed E-state index contributed by atoms with van der Waals surface area (Å²) in [5, 5.41) is 0.866. The van der Waals surface area contributed by atoms with Crippen molar-refractivity contribution in [3.8, 4) is 0 Å². The molecule has 1 aliphatic carbocycles. The molecule has 0 aromatic carbocycles. The monoisotopic (exact) mass is 272 g/mol. The van der Waals surface area contributed by atoms with E-state index in [-0.39, 0.29) is 0 Å². The first-order chi connectivity index (χ1) is 7.73. The Bertz CT molecular complexity index is 265. The molecule has 0 N–H and O–H groups in total. The second kappa shape index (κ2) is 4.67. The summed E-state index contributed by atoms with van der Waals surface area (Å²) in [5.41, 5.74) is 1.08. The molecule has 0 nitrogen and oxygen atoms in total. The van der Waals surface area contributed by atoms with Crippen LogP contribution in [0.5, 0.6) is 0 Å². The topological polar surface area (TPSA) is 0 Å². The van der Waals surface area contributed by atoms with E-state index < -0.39 is 0 Å². The van der Waals surface area contributed by atoms with E-state index in [0.29, 0.717) is 14.9 Å². The van der Waals surface area contributed by atoms with Crippen LogP contribution in [0.2, 0.25) is 0 Å². The fourth-order valence-corrected chi connectivity index (χ4v) is 6.67. The molecule has 1 spiro atoms. The maximum atomic E-state index is 2.44. The molecule has 17 heavy (non-hydrogen) atoms. The molecule has 100 valence electrons. The number of thioether (sulfide) groups is 2. The summed E-state index contributed by atoms with van der Waals surface area (Å²) in [6.07, 6.45) is 7.11. The Kier molecular flexibility index (Phi) is 3.88. The van der Waals surface area contributed by atoms with E-state index in [1.807, 2.05) is 0 Å². The molecule has 2 fully saturated rings. The van der Waals surface area contributed by atoms with Gasteiger partial charge in [0.05, 0.1) is 4.08 Å². The largest absolute Gasteiger partial charge is 0.144 e. The minimum Gasteiger partial charge on any atom is -0.144 e. The van der Waals surface area contributed by atoms with Crippen LogP contribution in [-0.4, -0.2) is 15.1 Å². The third-order valence-electron chi connectivity index (χ3n) is 4.43. The van der Waals surface area contributed by atoms with Crippen LogP contribution in [0, 0.1) is 10.8 Å². The van der Waals surface area contributed by atoms with Gasteiger partial charge in [-0.05, 0) is 48.7 Å². The zero-order valence-electron chi connectivity index (χ0n) is 12.1. The van der Waals surface area contributed by atoms with Crippen LogP contribution in [0.4, 0.5) is 0 Å². The van der Waals surface area contributed by atoms with Crippen molar-refractivity contribution in [1.82, 2.24) is 0 Å². The lowest BCUT2D eigenvalue weighted by Gasteiger charge is -2.49. The maximum Gasteiger partial charge on any atom is 0.0614 e. The van der Waals surface area contributed by atoms with E-state index in [1.54, 1.807) is 0 Å². The summed E-state index contributed by atoms with van der Waals surface area (Å²) in [5.74, 6) is 1.38. The van der Waals surface area contributed by atoms with E-state index in [0.717, 1.165) is 5.25 Å². The van der Waals surface area contributed by atoms with Crippen LogP contribution >= 0.6 is 23.5 Å². The average molecular weight is 273 g/mol. The van der Waals surface area contributed by atoms with Crippen LogP contribution in [0.25, 0.3) is 0 Å². The fourth-order valence-electron chi connectivity index (χ4n) is 2.88. The zero-order valence-corrected chi connectivity index (χ0v) is 13.8. The van der Waals surface area contributed by atoms with Crippen molar-refractivity contribution in [3.05, 3.63) is 0 Å². The molecule has 1 heterocycles. The van der Waals surface area contributed by atoms with Gasteiger partial charge in [-0.1, -0.05) is 34.6 Å². The zero-order chi connectivity index (χ0) is 12.7. The first-order valence-electron chi connectivity index (χ1n) is 7.04. The maximum absolute atomic E-state index is 2.44. The van der Waals surface area contributed by atoms with Gasteiger partial charge in [0, 0.05) is 5.25 Å². The molecule has 0 aromatic rings. The predicted molar refractivity (Wildman–Crippen MR) is 82.9 cm³/mol. The van der Waals surface area contributed by atoms with Gasteiger partial charge in [-0.2, -0.15) is 0 Å². The highest BCUT2D eigenvalue weighted by Crippen LogP contribution is 2.59. The molecule has 0 radical (unpaired) electrons. The summed E-state index contributed by atoms with van der Waals surface area (Å²) in [4.78, 5) is 0. The Labute approximate surface area is 116 Å². The molecular formula is C15H28S2. The highest BCUT2D eigenvalue weighted by Gasteiger charge is 2.45. The number of hydrogen-bond acceptors (Lipinski definition) is 2. The van der Waals surface area contributed by atoms with Crippen molar-refractivity contribution < 1.29 is 0 Å². The molecule has 0 amide bonds. The van der Waals surface area contributed by atoms with Crippen LogP contribution in [-0.2, 0) is 0 Å². The SMILES string of the molecule is CC1(C)CCC2(CC1)SCCC(C(C)(C)C)S2. The van der Waals surface area contributed by atoms with Gasteiger partial charge in [0.1, 0.15) is 0 Å². The quantitative estimate of drug-likeness (QED) is 0.565. The van der Waals surface area contributed by atoms with Gasteiger partial charge in [0.2, 0.25) is 0 Å². The van der Waals surface area contributed by atoms with Gasteiger partial charge in [-0.15, -0.1) is 23.5 Å². The van der Waals surface area contributed by atoms with Crippen LogP contribution < -0.4 is 0 Å². The van der Waals surface area contributed by atoms with Crippen molar-refractivity contribution >= 4 is 23.5 Å². The molecule has 0 bridgehead atoms. The Hall–Kier alpha value is 0.700. The first kappa shape index (κ1) is 14.1. The molecular weight excluding hydrogens is 244 g/mol. The second-order valence-corrected chi connectivity index (χ2v) is 11.0. The minimum absolute atomic E-state index is 0.478. The van der Waals surface area contributed by atoms with Crippen molar-refractivity contribution in [2.45, 2.75) is 76.1 Å². The van der Waals surface area contributed by atoms with Gasteiger partial charge in [-0.3, -0.25) is 0 Å². The van der Waals surface area contributed by atoms with Gasteiger partial charge >= 0.3 is 0 Å². The van der Waals surface area contributed by atoms with E-state index in [9.17, 15) is 0 Å². The highest BCUT2D eigenvalue weighted by atomic mass is 32.2. The molecule has 1 saturated carbocycles. The van der Waals surface area contributed by atoms with Crippen molar-refractivity contribution in [2.75, 3.05) is 5.75 Å². The van der Waals surface area contributed by atoms with E-state index in [4.69, 9.17) is 0 Å². The van der Waals surface area contributed by atoms with Gasteiger partial charge in [0.15, 0.2) is 0 Å². The molecule has 2 heteroatoms. The summed E-state index contributed by atoms with van der Waals surface area (Å²) in [6, 6.07) is 0. The molecule has 0 aromatic heterocycles. The normalized spacial score (nSPS) is 32.6.